The van der Waals surface area contributed by atoms with Gasteiger partial charge in [-0.2, -0.15) is 0 Å². The van der Waals surface area contributed by atoms with Crippen molar-refractivity contribution < 1.29 is 0 Å². The molecule has 1 aliphatic rings. The van der Waals surface area contributed by atoms with E-state index in [2.05, 4.69) is 17.2 Å². The average Bonchev–Trinajstić information content (AvgIpc) is 2.83. The zero-order valence-electron chi connectivity index (χ0n) is 7.83. The molecule has 0 bridgehead atoms. The van der Waals surface area contributed by atoms with Gasteiger partial charge in [-0.3, -0.25) is 4.98 Å². The Morgan fingerprint density at radius 1 is 1.62 bits per heavy atom. The van der Waals surface area contributed by atoms with Crippen LogP contribution in [-0.2, 0) is 0 Å². The number of anilines is 2. The van der Waals surface area contributed by atoms with Gasteiger partial charge in [0, 0.05) is 12.2 Å². The number of hydrogen-bond acceptors (Lipinski definition) is 3. The number of nitrogen functional groups attached to an aromatic ring is 1. The number of nitrogens with two attached hydrogens (primary N) is 1. The quantitative estimate of drug-likeness (QED) is 0.741. The molecule has 3 heteroatoms. The third-order valence-corrected chi connectivity index (χ3v) is 2.56. The van der Waals surface area contributed by atoms with E-state index in [-0.39, 0.29) is 0 Å². The highest BCUT2D eigenvalue weighted by atomic mass is 15.0. The molecule has 1 saturated carbocycles. The summed E-state index contributed by atoms with van der Waals surface area (Å²) in [6.45, 7) is 2.23. The molecule has 70 valence electrons. The van der Waals surface area contributed by atoms with Gasteiger partial charge < -0.3 is 11.1 Å². The van der Waals surface area contributed by atoms with Crippen LogP contribution < -0.4 is 11.1 Å². The third kappa shape index (κ3) is 1.91. The van der Waals surface area contributed by atoms with Crippen LogP contribution in [0.4, 0.5) is 11.4 Å². The van der Waals surface area contributed by atoms with E-state index in [1.54, 1.807) is 6.20 Å². The van der Waals surface area contributed by atoms with E-state index in [0.717, 1.165) is 17.3 Å². The lowest BCUT2D eigenvalue weighted by atomic mass is 10.3. The summed E-state index contributed by atoms with van der Waals surface area (Å²) in [5.74, 6) is 0.849. The van der Waals surface area contributed by atoms with Crippen LogP contribution in [0.5, 0.6) is 0 Å². The first-order valence-electron chi connectivity index (χ1n) is 4.76. The number of pyridine rings is 1. The number of nitrogens with one attached hydrogen (secondary N) is 1. The van der Waals surface area contributed by atoms with Crippen molar-refractivity contribution >= 4 is 11.4 Å². The molecule has 1 fully saturated rings. The minimum atomic E-state index is 0.647. The first kappa shape index (κ1) is 8.35. The van der Waals surface area contributed by atoms with Gasteiger partial charge in [-0.25, -0.2) is 0 Å². The smallest absolute Gasteiger partial charge is 0.0549 e. The maximum absolute atomic E-state index is 5.62. The first-order valence-corrected chi connectivity index (χ1v) is 4.76. The molecule has 1 aliphatic carbocycles. The maximum atomic E-state index is 5.62. The van der Waals surface area contributed by atoms with Crippen molar-refractivity contribution in [1.82, 2.24) is 4.98 Å². The van der Waals surface area contributed by atoms with Crippen molar-refractivity contribution in [1.29, 1.82) is 0 Å². The molecule has 2 atom stereocenters. The molecule has 0 aromatic carbocycles. The Labute approximate surface area is 78.4 Å². The van der Waals surface area contributed by atoms with Crippen LogP contribution in [0, 0.1) is 5.92 Å². The molecule has 0 saturated heterocycles. The molecule has 3 nitrogen and oxygen atoms in total. The summed E-state index contributed by atoms with van der Waals surface area (Å²) in [7, 11) is 0. The molecule has 0 amide bonds. The third-order valence-electron chi connectivity index (χ3n) is 2.56. The molecule has 0 spiro atoms. The predicted octanol–water partition coefficient (Wildman–Crippen LogP) is 1.87. The van der Waals surface area contributed by atoms with Crippen molar-refractivity contribution in [2.75, 3.05) is 11.1 Å². The fourth-order valence-corrected chi connectivity index (χ4v) is 1.63. The minimum absolute atomic E-state index is 0.647. The molecular weight excluding hydrogens is 162 g/mol. The highest BCUT2D eigenvalue weighted by molar-refractivity contribution is 5.52. The number of hydrogen-bond donors (Lipinski definition) is 2. The molecule has 3 N–H and O–H groups in total. The lowest BCUT2D eigenvalue weighted by Crippen LogP contribution is -2.04. The summed E-state index contributed by atoms with van der Waals surface area (Å²) < 4.78 is 0. The van der Waals surface area contributed by atoms with E-state index in [4.69, 9.17) is 5.73 Å². The van der Waals surface area contributed by atoms with Crippen molar-refractivity contribution in [2.45, 2.75) is 25.8 Å². The van der Waals surface area contributed by atoms with Crippen LogP contribution in [0.25, 0.3) is 0 Å². The topological polar surface area (TPSA) is 50.9 Å². The minimum Gasteiger partial charge on any atom is -0.397 e. The average molecular weight is 177 g/mol. The summed E-state index contributed by atoms with van der Waals surface area (Å²) >= 11 is 0. The molecule has 1 aromatic heterocycles. The molecule has 13 heavy (non-hydrogen) atoms. The van der Waals surface area contributed by atoms with Crippen LogP contribution in [0.2, 0.25) is 0 Å². The Balaban J connectivity index is 1.95. The van der Waals surface area contributed by atoms with Gasteiger partial charge in [0.05, 0.1) is 17.6 Å². The Hall–Kier alpha value is -1.25. The van der Waals surface area contributed by atoms with Gasteiger partial charge in [-0.05, 0) is 18.4 Å². The van der Waals surface area contributed by atoms with Crippen LogP contribution in [0.3, 0.4) is 0 Å². The number of rotatable bonds is 3. The molecule has 1 aromatic rings. The largest absolute Gasteiger partial charge is 0.397 e. The van der Waals surface area contributed by atoms with Crippen molar-refractivity contribution in [3.05, 3.63) is 18.5 Å². The molecule has 0 radical (unpaired) electrons. The molecule has 2 unspecified atom stereocenters. The summed E-state index contributed by atoms with van der Waals surface area (Å²) in [6.07, 6.45) is 6.02. The lowest BCUT2D eigenvalue weighted by Gasteiger charge is -2.04. The van der Waals surface area contributed by atoms with E-state index >= 15 is 0 Å². The zero-order chi connectivity index (χ0) is 9.26. The van der Waals surface area contributed by atoms with E-state index in [1.165, 1.54) is 12.8 Å². The van der Waals surface area contributed by atoms with Gasteiger partial charge in [-0.1, -0.05) is 13.3 Å². The summed E-state index contributed by atoms with van der Waals surface area (Å²) in [4.78, 5) is 4.03. The molecule has 2 rings (SSSR count). The van der Waals surface area contributed by atoms with Gasteiger partial charge in [0.2, 0.25) is 0 Å². The SMILES string of the molecule is CCC1CC1Nc1cncc(N)c1. The molecule has 1 heterocycles. The fraction of sp³-hybridized carbons (Fsp3) is 0.500. The van der Waals surface area contributed by atoms with Crippen LogP contribution in [0.15, 0.2) is 18.5 Å². The van der Waals surface area contributed by atoms with Gasteiger partial charge >= 0.3 is 0 Å². The summed E-state index contributed by atoms with van der Waals surface area (Å²) in [5, 5.41) is 3.42. The van der Waals surface area contributed by atoms with Crippen molar-refractivity contribution in [3.8, 4) is 0 Å². The lowest BCUT2D eigenvalue weighted by molar-refractivity contribution is 0.774. The number of nitrogens with zero attached hydrogens (tertiary/aromatic N) is 1. The summed E-state index contributed by atoms with van der Waals surface area (Å²) in [5.41, 5.74) is 7.38. The van der Waals surface area contributed by atoms with Crippen molar-refractivity contribution in [3.63, 3.8) is 0 Å². The van der Waals surface area contributed by atoms with Crippen LogP contribution in [0.1, 0.15) is 19.8 Å². The number of aromatic nitrogens is 1. The zero-order valence-corrected chi connectivity index (χ0v) is 7.83. The van der Waals surface area contributed by atoms with Gasteiger partial charge in [-0.15, -0.1) is 0 Å². The second-order valence-corrected chi connectivity index (χ2v) is 3.66. The fourth-order valence-electron chi connectivity index (χ4n) is 1.63. The van der Waals surface area contributed by atoms with E-state index in [1.807, 2.05) is 12.3 Å². The normalized spacial score (nSPS) is 25.6. The summed E-state index contributed by atoms with van der Waals surface area (Å²) in [6, 6.07) is 2.58. The van der Waals surface area contributed by atoms with Crippen LogP contribution >= 0.6 is 0 Å². The van der Waals surface area contributed by atoms with Gasteiger partial charge in [0.1, 0.15) is 0 Å². The van der Waals surface area contributed by atoms with E-state index in [9.17, 15) is 0 Å². The van der Waals surface area contributed by atoms with E-state index in [0.29, 0.717) is 6.04 Å². The highest BCUT2D eigenvalue weighted by Gasteiger charge is 2.34. The Morgan fingerprint density at radius 3 is 3.08 bits per heavy atom. The van der Waals surface area contributed by atoms with Gasteiger partial charge in [0.25, 0.3) is 0 Å². The Kier molecular flexibility index (Phi) is 2.08. The maximum Gasteiger partial charge on any atom is 0.0549 e. The highest BCUT2D eigenvalue weighted by Crippen LogP contribution is 2.35. The second-order valence-electron chi connectivity index (χ2n) is 3.66. The Bertz CT molecular complexity index is 298. The predicted molar refractivity (Wildman–Crippen MR) is 54.5 cm³/mol. The first-order chi connectivity index (χ1) is 6.29. The monoisotopic (exact) mass is 177 g/mol. The standard InChI is InChI=1S/C10H15N3/c1-2-7-3-10(7)13-9-4-8(11)5-12-6-9/h4-7,10,13H,2-3,11H2,1H3. The van der Waals surface area contributed by atoms with Crippen LogP contribution in [-0.4, -0.2) is 11.0 Å². The Morgan fingerprint density at radius 2 is 2.46 bits per heavy atom. The molecular formula is C10H15N3. The van der Waals surface area contributed by atoms with Crippen molar-refractivity contribution in [2.24, 2.45) is 5.92 Å². The molecule has 0 aliphatic heterocycles. The van der Waals surface area contributed by atoms with E-state index < -0.39 is 0 Å². The second kappa shape index (κ2) is 3.24. The van der Waals surface area contributed by atoms with Gasteiger partial charge in [0.15, 0.2) is 0 Å².